The van der Waals surface area contributed by atoms with Gasteiger partial charge in [0.1, 0.15) is 5.82 Å². The summed E-state index contributed by atoms with van der Waals surface area (Å²) in [7, 11) is 0. The lowest BCUT2D eigenvalue weighted by molar-refractivity contribution is -0.118. The van der Waals surface area contributed by atoms with E-state index in [1.807, 2.05) is 11.8 Å². The Morgan fingerprint density at radius 2 is 2.12 bits per heavy atom. The van der Waals surface area contributed by atoms with Gasteiger partial charge in [-0.1, -0.05) is 18.2 Å². The Morgan fingerprint density at radius 3 is 2.75 bits per heavy atom. The quantitative estimate of drug-likeness (QED) is 0.890. The molecule has 0 unspecified atom stereocenters. The van der Waals surface area contributed by atoms with Crippen molar-refractivity contribution in [3.05, 3.63) is 46.7 Å². The van der Waals surface area contributed by atoms with Gasteiger partial charge >= 0.3 is 0 Å². The summed E-state index contributed by atoms with van der Waals surface area (Å²) in [5, 5.41) is 14.1. The molecule has 0 aliphatic carbocycles. The zero-order chi connectivity index (χ0) is 17.2. The predicted molar refractivity (Wildman–Crippen MR) is 91.5 cm³/mol. The van der Waals surface area contributed by atoms with Crippen molar-refractivity contribution < 1.29 is 14.3 Å². The molecule has 0 spiro atoms. The van der Waals surface area contributed by atoms with Crippen molar-refractivity contribution in [2.24, 2.45) is 0 Å². The van der Waals surface area contributed by atoms with Gasteiger partial charge in [-0.3, -0.25) is 9.69 Å². The summed E-state index contributed by atoms with van der Waals surface area (Å²) in [6.07, 6.45) is 2.52. The lowest BCUT2D eigenvalue weighted by Crippen LogP contribution is -2.45. The fourth-order valence-electron chi connectivity index (χ4n) is 2.96. The SMILES string of the molecule is Cc1cnc(NC(=O)CN2CCC(O)(c3ccccc3F)CC2)s1. The van der Waals surface area contributed by atoms with E-state index in [-0.39, 0.29) is 18.3 Å². The van der Waals surface area contributed by atoms with Crippen LogP contribution in [0, 0.1) is 12.7 Å². The van der Waals surface area contributed by atoms with E-state index in [1.165, 1.54) is 17.4 Å². The number of rotatable bonds is 4. The van der Waals surface area contributed by atoms with Crippen LogP contribution >= 0.6 is 11.3 Å². The van der Waals surface area contributed by atoms with Gasteiger partial charge in [0.05, 0.1) is 12.1 Å². The molecule has 1 amide bonds. The first-order valence-corrected chi connectivity index (χ1v) is 8.70. The number of nitrogens with zero attached hydrogens (tertiary/aromatic N) is 2. The number of hydrogen-bond donors (Lipinski definition) is 2. The van der Waals surface area contributed by atoms with Gasteiger partial charge in [-0.25, -0.2) is 9.37 Å². The van der Waals surface area contributed by atoms with Gasteiger partial charge in [-0.05, 0) is 25.8 Å². The number of benzene rings is 1. The van der Waals surface area contributed by atoms with Crippen LogP contribution in [0.2, 0.25) is 0 Å². The fraction of sp³-hybridized carbons (Fsp3) is 0.412. The van der Waals surface area contributed by atoms with E-state index in [0.717, 1.165) is 4.88 Å². The van der Waals surface area contributed by atoms with E-state index in [9.17, 15) is 14.3 Å². The molecule has 2 aromatic rings. The summed E-state index contributed by atoms with van der Waals surface area (Å²) in [5.74, 6) is -0.508. The number of piperidine rings is 1. The van der Waals surface area contributed by atoms with Gasteiger partial charge < -0.3 is 10.4 Å². The van der Waals surface area contributed by atoms with Crippen LogP contribution in [0.5, 0.6) is 0 Å². The van der Waals surface area contributed by atoms with Gasteiger partial charge in [-0.15, -0.1) is 11.3 Å². The van der Waals surface area contributed by atoms with Gasteiger partial charge in [0.15, 0.2) is 5.13 Å². The van der Waals surface area contributed by atoms with E-state index in [2.05, 4.69) is 10.3 Å². The molecule has 1 aromatic heterocycles. The smallest absolute Gasteiger partial charge is 0.240 e. The first-order valence-electron chi connectivity index (χ1n) is 7.88. The van der Waals surface area contributed by atoms with Gasteiger partial charge in [-0.2, -0.15) is 0 Å². The molecule has 5 nitrogen and oxygen atoms in total. The maximum atomic E-state index is 13.9. The lowest BCUT2D eigenvalue weighted by Gasteiger charge is -2.38. The molecule has 0 bridgehead atoms. The molecule has 0 atom stereocenters. The minimum atomic E-state index is -1.16. The Bertz CT molecular complexity index is 726. The number of anilines is 1. The van der Waals surface area contributed by atoms with Crippen LogP contribution in [0.1, 0.15) is 23.3 Å². The van der Waals surface area contributed by atoms with Crippen LogP contribution in [0.25, 0.3) is 0 Å². The number of hydrogen-bond acceptors (Lipinski definition) is 5. The maximum Gasteiger partial charge on any atom is 0.240 e. The van der Waals surface area contributed by atoms with Crippen molar-refractivity contribution in [1.82, 2.24) is 9.88 Å². The standard InChI is InChI=1S/C17H20FN3O2S/c1-12-10-19-16(24-12)20-15(22)11-21-8-6-17(23,7-9-21)13-4-2-3-5-14(13)18/h2-5,10,23H,6-9,11H2,1H3,(H,19,20,22). The third-order valence-corrected chi connectivity index (χ3v) is 5.12. The van der Waals surface area contributed by atoms with E-state index in [1.54, 1.807) is 24.4 Å². The summed E-state index contributed by atoms with van der Waals surface area (Å²) >= 11 is 1.43. The Balaban J connectivity index is 1.55. The molecule has 1 aliphatic heterocycles. The van der Waals surface area contributed by atoms with Crippen molar-refractivity contribution >= 4 is 22.4 Å². The Kier molecular flexibility index (Phi) is 4.93. The molecule has 128 valence electrons. The number of amides is 1. The van der Waals surface area contributed by atoms with Crippen LogP contribution < -0.4 is 5.32 Å². The van der Waals surface area contributed by atoms with E-state index < -0.39 is 5.60 Å². The average Bonchev–Trinajstić information content (AvgIpc) is 2.95. The van der Waals surface area contributed by atoms with Crippen LogP contribution in [0.3, 0.4) is 0 Å². The minimum Gasteiger partial charge on any atom is -0.385 e. The van der Waals surface area contributed by atoms with Crippen LogP contribution in [0.4, 0.5) is 9.52 Å². The molecule has 2 heterocycles. The highest BCUT2D eigenvalue weighted by Gasteiger charge is 2.36. The first-order chi connectivity index (χ1) is 11.5. The van der Waals surface area contributed by atoms with E-state index in [4.69, 9.17) is 0 Å². The summed E-state index contributed by atoms with van der Waals surface area (Å²) in [6, 6.07) is 6.33. The number of halogens is 1. The van der Waals surface area contributed by atoms with Gasteiger partial charge in [0, 0.05) is 29.7 Å². The summed E-state index contributed by atoms with van der Waals surface area (Å²) in [5.41, 5.74) is -0.822. The number of thiazole rings is 1. The Labute approximate surface area is 144 Å². The second-order valence-corrected chi connectivity index (χ2v) is 7.35. The number of nitrogens with one attached hydrogen (secondary N) is 1. The van der Waals surface area contributed by atoms with E-state index >= 15 is 0 Å². The first kappa shape index (κ1) is 17.0. The topological polar surface area (TPSA) is 65.5 Å². The molecule has 1 aromatic carbocycles. The molecule has 2 N–H and O–H groups in total. The molecule has 1 fully saturated rings. The van der Waals surface area contributed by atoms with Gasteiger partial charge in [0.25, 0.3) is 0 Å². The molecule has 1 saturated heterocycles. The molecule has 3 rings (SSSR count). The summed E-state index contributed by atoms with van der Waals surface area (Å²) < 4.78 is 13.9. The lowest BCUT2D eigenvalue weighted by atomic mass is 9.84. The minimum absolute atomic E-state index is 0.124. The van der Waals surface area contributed by atoms with Crippen LogP contribution in [-0.4, -0.2) is 40.5 Å². The van der Waals surface area contributed by atoms with Crippen molar-refractivity contribution in [1.29, 1.82) is 0 Å². The largest absolute Gasteiger partial charge is 0.385 e. The number of carbonyl (C=O) groups excluding carboxylic acids is 1. The third-order valence-electron chi connectivity index (χ3n) is 4.29. The van der Waals surface area contributed by atoms with Crippen molar-refractivity contribution in [2.75, 3.05) is 25.0 Å². The number of aryl methyl sites for hydroxylation is 1. The average molecular weight is 349 g/mol. The Morgan fingerprint density at radius 1 is 1.42 bits per heavy atom. The fourth-order valence-corrected chi connectivity index (χ4v) is 3.64. The molecular formula is C17H20FN3O2S. The monoisotopic (exact) mass is 349 g/mol. The Hall–Kier alpha value is -1.83. The molecule has 0 radical (unpaired) electrons. The van der Waals surface area contributed by atoms with E-state index in [0.29, 0.717) is 36.6 Å². The number of carbonyl (C=O) groups is 1. The molecular weight excluding hydrogens is 329 g/mol. The van der Waals surface area contributed by atoms with Gasteiger partial charge in [0.2, 0.25) is 5.91 Å². The van der Waals surface area contributed by atoms with Crippen molar-refractivity contribution in [2.45, 2.75) is 25.4 Å². The van der Waals surface area contributed by atoms with Crippen LogP contribution in [0.15, 0.2) is 30.5 Å². The number of aliphatic hydroxyl groups is 1. The zero-order valence-electron chi connectivity index (χ0n) is 13.5. The summed E-state index contributed by atoms with van der Waals surface area (Å²) in [6.45, 7) is 3.25. The van der Waals surface area contributed by atoms with Crippen molar-refractivity contribution in [3.8, 4) is 0 Å². The third kappa shape index (κ3) is 3.80. The number of aromatic nitrogens is 1. The number of likely N-dealkylation sites (tertiary alicyclic amines) is 1. The molecule has 7 heteroatoms. The molecule has 24 heavy (non-hydrogen) atoms. The molecule has 1 aliphatic rings. The van der Waals surface area contributed by atoms with Crippen molar-refractivity contribution in [3.63, 3.8) is 0 Å². The normalized spacial score (nSPS) is 17.6. The second-order valence-electron chi connectivity index (χ2n) is 6.11. The highest BCUT2D eigenvalue weighted by Crippen LogP contribution is 2.34. The predicted octanol–water partition coefficient (Wildman–Crippen LogP) is 2.51. The highest BCUT2D eigenvalue weighted by atomic mass is 32.1. The second kappa shape index (κ2) is 6.96. The van der Waals surface area contributed by atoms with Crippen LogP contribution in [-0.2, 0) is 10.4 Å². The zero-order valence-corrected chi connectivity index (χ0v) is 14.3. The maximum absolute atomic E-state index is 13.9. The summed E-state index contributed by atoms with van der Waals surface area (Å²) in [4.78, 5) is 19.2. The highest BCUT2D eigenvalue weighted by molar-refractivity contribution is 7.15. The molecule has 0 saturated carbocycles.